The van der Waals surface area contributed by atoms with Gasteiger partial charge in [0.2, 0.25) is 0 Å². The van der Waals surface area contributed by atoms with Crippen LogP contribution in [0.5, 0.6) is 0 Å². The fourth-order valence-electron chi connectivity index (χ4n) is 3.61. The van der Waals surface area contributed by atoms with Crippen LogP contribution < -0.4 is 0 Å². The van der Waals surface area contributed by atoms with E-state index >= 15 is 0 Å². The molecule has 30 heavy (non-hydrogen) atoms. The van der Waals surface area contributed by atoms with Crippen LogP contribution in [0.1, 0.15) is 58.7 Å². The molecule has 5 heteroatoms. The van der Waals surface area contributed by atoms with E-state index in [4.69, 9.17) is 10.2 Å². The lowest BCUT2D eigenvalue weighted by molar-refractivity contribution is 0.316. The molecule has 1 aromatic heterocycles. The highest BCUT2D eigenvalue weighted by Gasteiger charge is 2.14. The molecule has 0 atom stereocenters. The first kappa shape index (κ1) is 21.2. The van der Waals surface area contributed by atoms with Crippen LogP contribution >= 0.6 is 0 Å². The molecule has 0 aliphatic rings. The SMILES string of the molecule is Cc1cc(/C(=N/O)C(C)C)cc(C)c1Cc1ccnc(Cc2ccc(C#N)cc2)n1. The van der Waals surface area contributed by atoms with E-state index in [-0.39, 0.29) is 5.92 Å². The van der Waals surface area contributed by atoms with Gasteiger partial charge in [-0.3, -0.25) is 0 Å². The van der Waals surface area contributed by atoms with Gasteiger partial charge in [0.25, 0.3) is 0 Å². The van der Waals surface area contributed by atoms with E-state index in [2.05, 4.69) is 42.2 Å². The fraction of sp³-hybridized carbons (Fsp3) is 0.280. The summed E-state index contributed by atoms with van der Waals surface area (Å²) in [4.78, 5) is 9.16. The predicted molar refractivity (Wildman–Crippen MR) is 118 cm³/mol. The Balaban J connectivity index is 1.83. The van der Waals surface area contributed by atoms with Crippen LogP contribution in [0.4, 0.5) is 0 Å². The second-order valence-corrected chi connectivity index (χ2v) is 7.86. The smallest absolute Gasteiger partial charge is 0.132 e. The van der Waals surface area contributed by atoms with Gasteiger partial charge < -0.3 is 5.21 Å². The Labute approximate surface area is 177 Å². The monoisotopic (exact) mass is 398 g/mol. The van der Waals surface area contributed by atoms with Gasteiger partial charge in [0.15, 0.2) is 0 Å². The third kappa shape index (κ3) is 4.90. The lowest BCUT2D eigenvalue weighted by Crippen LogP contribution is -2.11. The van der Waals surface area contributed by atoms with E-state index in [1.807, 2.05) is 44.2 Å². The highest BCUT2D eigenvalue weighted by molar-refractivity contribution is 6.01. The summed E-state index contributed by atoms with van der Waals surface area (Å²) in [6.45, 7) is 8.20. The standard InChI is InChI=1S/C25H26N4O/c1-16(2)25(29-30)21-11-17(3)23(18(4)12-21)14-22-9-10-27-24(28-22)13-19-5-7-20(15-26)8-6-19/h5-12,16,30H,13-14H2,1-4H3/b29-25+. The molecule has 0 aliphatic carbocycles. The van der Waals surface area contributed by atoms with Crippen molar-refractivity contribution in [2.75, 3.05) is 0 Å². The lowest BCUT2D eigenvalue weighted by atomic mass is 9.91. The summed E-state index contributed by atoms with van der Waals surface area (Å²) >= 11 is 0. The van der Waals surface area contributed by atoms with Gasteiger partial charge in [-0.25, -0.2) is 9.97 Å². The highest BCUT2D eigenvalue weighted by Crippen LogP contribution is 2.22. The quantitative estimate of drug-likeness (QED) is 0.361. The van der Waals surface area contributed by atoms with Crippen LogP contribution in [-0.2, 0) is 12.8 Å². The van der Waals surface area contributed by atoms with Crippen molar-refractivity contribution in [1.82, 2.24) is 9.97 Å². The molecule has 0 saturated heterocycles. The molecule has 0 radical (unpaired) electrons. The summed E-state index contributed by atoms with van der Waals surface area (Å²) in [6.07, 6.45) is 3.14. The summed E-state index contributed by atoms with van der Waals surface area (Å²) in [5.74, 6) is 0.907. The third-order valence-corrected chi connectivity index (χ3v) is 5.21. The summed E-state index contributed by atoms with van der Waals surface area (Å²) < 4.78 is 0. The first-order valence-corrected chi connectivity index (χ1v) is 10.0. The van der Waals surface area contributed by atoms with E-state index in [9.17, 15) is 5.21 Å². The summed E-state index contributed by atoms with van der Waals surface area (Å²) in [7, 11) is 0. The zero-order valence-electron chi connectivity index (χ0n) is 17.8. The van der Waals surface area contributed by atoms with Crippen molar-refractivity contribution in [2.45, 2.75) is 40.5 Å². The average Bonchev–Trinajstić information content (AvgIpc) is 2.72. The van der Waals surface area contributed by atoms with Crippen LogP contribution in [0.2, 0.25) is 0 Å². The molecule has 3 rings (SSSR count). The Morgan fingerprint density at radius 2 is 1.73 bits per heavy atom. The molecule has 0 spiro atoms. The van der Waals surface area contributed by atoms with Gasteiger partial charge in [-0.1, -0.05) is 31.1 Å². The molecule has 1 N–H and O–H groups in total. The van der Waals surface area contributed by atoms with Gasteiger partial charge in [0.05, 0.1) is 17.3 Å². The Bertz CT molecular complexity index is 1090. The molecule has 0 saturated carbocycles. The van der Waals surface area contributed by atoms with Crippen molar-refractivity contribution >= 4 is 5.71 Å². The van der Waals surface area contributed by atoms with E-state index in [0.717, 1.165) is 33.8 Å². The maximum absolute atomic E-state index is 9.37. The molecular formula is C25H26N4O. The van der Waals surface area contributed by atoms with E-state index in [1.54, 1.807) is 6.20 Å². The molecule has 0 amide bonds. The largest absolute Gasteiger partial charge is 0.411 e. The minimum Gasteiger partial charge on any atom is -0.411 e. The number of benzene rings is 2. The molecule has 0 aliphatic heterocycles. The molecule has 0 fully saturated rings. The molecule has 3 aromatic rings. The van der Waals surface area contributed by atoms with Crippen molar-refractivity contribution in [1.29, 1.82) is 5.26 Å². The highest BCUT2D eigenvalue weighted by atomic mass is 16.4. The maximum Gasteiger partial charge on any atom is 0.132 e. The summed E-state index contributed by atoms with van der Waals surface area (Å²) in [5.41, 5.74) is 7.87. The molecule has 5 nitrogen and oxygen atoms in total. The summed E-state index contributed by atoms with van der Waals surface area (Å²) in [6, 6.07) is 15.8. The molecule has 0 unspecified atom stereocenters. The fourth-order valence-corrected chi connectivity index (χ4v) is 3.61. The Morgan fingerprint density at radius 3 is 2.30 bits per heavy atom. The first-order valence-electron chi connectivity index (χ1n) is 10.0. The summed E-state index contributed by atoms with van der Waals surface area (Å²) in [5, 5.41) is 21.8. The lowest BCUT2D eigenvalue weighted by Gasteiger charge is -2.15. The normalized spacial score (nSPS) is 11.5. The van der Waals surface area contributed by atoms with Gasteiger partial charge in [0.1, 0.15) is 5.82 Å². The number of oxime groups is 1. The van der Waals surface area contributed by atoms with Gasteiger partial charge in [-0.15, -0.1) is 0 Å². The zero-order chi connectivity index (χ0) is 21.7. The minimum atomic E-state index is 0.145. The van der Waals surface area contributed by atoms with Crippen molar-refractivity contribution in [3.63, 3.8) is 0 Å². The third-order valence-electron chi connectivity index (χ3n) is 5.21. The van der Waals surface area contributed by atoms with Crippen molar-refractivity contribution in [2.24, 2.45) is 11.1 Å². The van der Waals surface area contributed by atoms with Crippen LogP contribution in [0.3, 0.4) is 0 Å². The number of hydrogen-bond acceptors (Lipinski definition) is 5. The van der Waals surface area contributed by atoms with Crippen LogP contribution in [0.15, 0.2) is 53.8 Å². The zero-order valence-corrected chi connectivity index (χ0v) is 17.8. The van der Waals surface area contributed by atoms with Crippen LogP contribution in [0.25, 0.3) is 0 Å². The maximum atomic E-state index is 9.37. The number of aromatic nitrogens is 2. The molecular weight excluding hydrogens is 372 g/mol. The van der Waals surface area contributed by atoms with Gasteiger partial charge in [0, 0.05) is 30.3 Å². The molecule has 0 bridgehead atoms. The van der Waals surface area contributed by atoms with Crippen LogP contribution in [-0.4, -0.2) is 20.9 Å². The van der Waals surface area contributed by atoms with E-state index < -0.39 is 0 Å². The minimum absolute atomic E-state index is 0.145. The molecule has 1 heterocycles. The Kier molecular flexibility index (Phi) is 6.58. The Hall–Kier alpha value is -3.52. The number of hydrogen-bond donors (Lipinski definition) is 1. The molecule has 152 valence electrons. The second-order valence-electron chi connectivity index (χ2n) is 7.86. The predicted octanol–water partition coefficient (Wildman–Crippen LogP) is 4.98. The molecule has 2 aromatic carbocycles. The number of rotatable bonds is 6. The number of nitriles is 1. The van der Waals surface area contributed by atoms with Gasteiger partial charge >= 0.3 is 0 Å². The Morgan fingerprint density at radius 1 is 1.07 bits per heavy atom. The second kappa shape index (κ2) is 9.32. The number of nitrogens with zero attached hydrogens (tertiary/aromatic N) is 4. The van der Waals surface area contributed by atoms with E-state index in [1.165, 1.54) is 5.56 Å². The van der Waals surface area contributed by atoms with Gasteiger partial charge in [-0.2, -0.15) is 5.26 Å². The van der Waals surface area contributed by atoms with Crippen LogP contribution in [0, 0.1) is 31.1 Å². The van der Waals surface area contributed by atoms with Crippen molar-refractivity contribution in [3.05, 3.63) is 93.6 Å². The van der Waals surface area contributed by atoms with E-state index in [0.29, 0.717) is 24.1 Å². The number of aryl methyl sites for hydroxylation is 2. The topological polar surface area (TPSA) is 82.2 Å². The van der Waals surface area contributed by atoms with Crippen molar-refractivity contribution in [3.8, 4) is 6.07 Å². The van der Waals surface area contributed by atoms with Gasteiger partial charge in [-0.05, 0) is 72.4 Å². The average molecular weight is 399 g/mol. The first-order chi connectivity index (χ1) is 14.4. The van der Waals surface area contributed by atoms with Crippen molar-refractivity contribution < 1.29 is 5.21 Å².